The predicted octanol–water partition coefficient (Wildman–Crippen LogP) is 5.82. The number of halogens is 4. The van der Waals surface area contributed by atoms with Crippen LogP contribution in [0.2, 0.25) is 5.02 Å². The van der Waals surface area contributed by atoms with Gasteiger partial charge >= 0.3 is 12.3 Å². The molecule has 0 spiro atoms. The fourth-order valence-electron chi connectivity index (χ4n) is 2.25. The van der Waals surface area contributed by atoms with Crippen LogP contribution in [-0.2, 0) is 10.9 Å². The number of ether oxygens (including phenoxy) is 1. The molecule has 138 valence electrons. The Morgan fingerprint density at radius 1 is 1.30 bits per heavy atom. The minimum absolute atomic E-state index is 0.175. The molecule has 0 aliphatic rings. The van der Waals surface area contributed by atoms with Crippen molar-refractivity contribution >= 4 is 44.9 Å². The van der Waals surface area contributed by atoms with Crippen LogP contribution >= 0.6 is 22.9 Å². The van der Waals surface area contributed by atoms with E-state index in [-0.39, 0.29) is 12.1 Å². The van der Waals surface area contributed by atoms with Crippen LogP contribution in [0.4, 0.5) is 23.7 Å². The van der Waals surface area contributed by atoms with Crippen LogP contribution in [0.1, 0.15) is 5.56 Å². The molecule has 0 saturated heterocycles. The third-order valence-corrected chi connectivity index (χ3v) is 4.84. The Hall–Kier alpha value is -2.76. The van der Waals surface area contributed by atoms with E-state index in [1.807, 2.05) is 0 Å². The van der Waals surface area contributed by atoms with Gasteiger partial charge in [0, 0.05) is 11.3 Å². The summed E-state index contributed by atoms with van der Waals surface area (Å²) in [6, 6.07) is 8.02. The molecule has 4 nitrogen and oxygen atoms in total. The second kappa shape index (κ2) is 7.47. The standard InChI is InChI=1S/C18H10ClF3N2O2S/c1-2-7-26-17(25)23-11-4-5-13(19)12(9-11)16-24-14-8-10(18(20,21)22)3-6-15(14)27-16/h1,3-6,8-9H,7H2,(H,23,25). The first-order chi connectivity index (χ1) is 12.8. The first-order valence-corrected chi connectivity index (χ1v) is 8.62. The van der Waals surface area contributed by atoms with Crippen molar-refractivity contribution in [3.05, 3.63) is 47.0 Å². The number of carbonyl (C=O) groups is 1. The third kappa shape index (κ3) is 4.32. The summed E-state index contributed by atoms with van der Waals surface area (Å²) in [5.41, 5.74) is 0.296. The van der Waals surface area contributed by atoms with Gasteiger partial charge in [-0.3, -0.25) is 5.32 Å². The van der Waals surface area contributed by atoms with Crippen molar-refractivity contribution in [2.45, 2.75) is 6.18 Å². The van der Waals surface area contributed by atoms with Gasteiger partial charge in [0.25, 0.3) is 0 Å². The lowest BCUT2D eigenvalue weighted by molar-refractivity contribution is -0.137. The zero-order chi connectivity index (χ0) is 19.6. The van der Waals surface area contributed by atoms with E-state index in [0.717, 1.165) is 12.1 Å². The van der Waals surface area contributed by atoms with Crippen molar-refractivity contribution in [2.24, 2.45) is 0 Å². The summed E-state index contributed by atoms with van der Waals surface area (Å²) in [7, 11) is 0. The quantitative estimate of drug-likeness (QED) is 0.554. The van der Waals surface area contributed by atoms with Crippen LogP contribution < -0.4 is 5.32 Å². The maximum absolute atomic E-state index is 12.9. The molecule has 1 aromatic heterocycles. The van der Waals surface area contributed by atoms with Gasteiger partial charge in [-0.25, -0.2) is 9.78 Å². The summed E-state index contributed by atoms with van der Waals surface area (Å²) in [6.07, 6.45) is -0.167. The molecule has 3 rings (SSSR count). The number of anilines is 1. The Balaban J connectivity index is 1.94. The molecule has 0 unspecified atom stereocenters. The largest absolute Gasteiger partial charge is 0.436 e. The molecule has 0 aliphatic heterocycles. The van der Waals surface area contributed by atoms with E-state index in [0.29, 0.717) is 26.0 Å². The molecule has 1 N–H and O–H groups in total. The first kappa shape index (κ1) is 19.0. The summed E-state index contributed by atoms with van der Waals surface area (Å²) in [5.74, 6) is 2.17. The maximum atomic E-state index is 12.9. The van der Waals surface area contributed by atoms with Gasteiger partial charge in [-0.05, 0) is 36.4 Å². The van der Waals surface area contributed by atoms with E-state index in [2.05, 4.69) is 16.2 Å². The van der Waals surface area contributed by atoms with Gasteiger partial charge < -0.3 is 4.74 Å². The Labute approximate surface area is 160 Å². The topological polar surface area (TPSA) is 51.2 Å². The molecule has 1 heterocycles. The first-order valence-electron chi connectivity index (χ1n) is 7.43. The van der Waals surface area contributed by atoms with Gasteiger partial charge in [0.05, 0.1) is 20.8 Å². The Kier molecular flexibility index (Phi) is 5.26. The zero-order valence-electron chi connectivity index (χ0n) is 13.4. The molecule has 0 saturated carbocycles. The molecule has 1 amide bonds. The second-order valence-electron chi connectivity index (χ2n) is 5.30. The van der Waals surface area contributed by atoms with E-state index in [1.165, 1.54) is 17.4 Å². The highest BCUT2D eigenvalue weighted by molar-refractivity contribution is 7.21. The number of rotatable bonds is 3. The Bertz CT molecular complexity index is 1060. The van der Waals surface area contributed by atoms with Crippen molar-refractivity contribution in [1.82, 2.24) is 4.98 Å². The number of hydrogen-bond donors (Lipinski definition) is 1. The van der Waals surface area contributed by atoms with Gasteiger partial charge in [0.1, 0.15) is 5.01 Å². The number of nitrogens with zero attached hydrogens (tertiary/aromatic N) is 1. The molecule has 0 aliphatic carbocycles. The number of fused-ring (bicyclic) bond motifs is 1. The lowest BCUT2D eigenvalue weighted by Crippen LogP contribution is -2.13. The lowest BCUT2D eigenvalue weighted by atomic mass is 10.2. The molecule has 0 fully saturated rings. The second-order valence-corrected chi connectivity index (χ2v) is 6.74. The third-order valence-electron chi connectivity index (χ3n) is 3.44. The highest BCUT2D eigenvalue weighted by Gasteiger charge is 2.30. The minimum atomic E-state index is -4.45. The van der Waals surface area contributed by atoms with Crippen molar-refractivity contribution < 1.29 is 22.7 Å². The highest BCUT2D eigenvalue weighted by atomic mass is 35.5. The fourth-order valence-corrected chi connectivity index (χ4v) is 3.49. The molecule has 0 bridgehead atoms. The van der Waals surface area contributed by atoms with Crippen molar-refractivity contribution in [3.8, 4) is 22.9 Å². The number of benzene rings is 2. The van der Waals surface area contributed by atoms with E-state index in [4.69, 9.17) is 22.8 Å². The molecular formula is C18H10ClF3N2O2S. The SMILES string of the molecule is C#CCOC(=O)Nc1ccc(Cl)c(-c2nc3cc(C(F)(F)F)ccc3s2)c1. The molecule has 9 heteroatoms. The number of amides is 1. The lowest BCUT2D eigenvalue weighted by Gasteiger charge is -2.07. The number of thiazole rings is 1. The summed E-state index contributed by atoms with van der Waals surface area (Å²) in [6.45, 7) is -0.175. The number of hydrogen-bond acceptors (Lipinski definition) is 4. The van der Waals surface area contributed by atoms with E-state index >= 15 is 0 Å². The minimum Gasteiger partial charge on any atom is -0.436 e. The van der Waals surface area contributed by atoms with Gasteiger partial charge in [-0.15, -0.1) is 17.8 Å². The molecule has 27 heavy (non-hydrogen) atoms. The number of nitrogens with one attached hydrogen (secondary N) is 1. The number of aromatic nitrogens is 1. The summed E-state index contributed by atoms with van der Waals surface area (Å²) < 4.78 is 43.9. The molecule has 0 atom stereocenters. The number of carbonyl (C=O) groups excluding carboxylic acids is 1. The van der Waals surface area contributed by atoms with Crippen molar-refractivity contribution in [3.63, 3.8) is 0 Å². The van der Waals surface area contributed by atoms with Gasteiger partial charge in [0.2, 0.25) is 0 Å². The van der Waals surface area contributed by atoms with Gasteiger partial charge in [0.15, 0.2) is 6.61 Å². The van der Waals surface area contributed by atoms with Crippen LogP contribution in [0.5, 0.6) is 0 Å². The van der Waals surface area contributed by atoms with Crippen LogP contribution in [0.15, 0.2) is 36.4 Å². The summed E-state index contributed by atoms with van der Waals surface area (Å²) in [4.78, 5) is 15.8. The normalized spacial score (nSPS) is 11.2. The van der Waals surface area contributed by atoms with Gasteiger partial charge in [-0.1, -0.05) is 17.5 Å². The summed E-state index contributed by atoms with van der Waals surface area (Å²) >= 11 is 7.39. The van der Waals surface area contributed by atoms with Gasteiger partial charge in [-0.2, -0.15) is 13.2 Å². The van der Waals surface area contributed by atoms with Crippen molar-refractivity contribution in [2.75, 3.05) is 11.9 Å². The van der Waals surface area contributed by atoms with E-state index in [1.54, 1.807) is 18.2 Å². The zero-order valence-corrected chi connectivity index (χ0v) is 15.0. The molecular weight excluding hydrogens is 401 g/mol. The Morgan fingerprint density at radius 2 is 2.07 bits per heavy atom. The molecule has 2 aromatic carbocycles. The average molecular weight is 411 g/mol. The van der Waals surface area contributed by atoms with Crippen LogP contribution in [0.3, 0.4) is 0 Å². The highest BCUT2D eigenvalue weighted by Crippen LogP contribution is 2.38. The van der Waals surface area contributed by atoms with Crippen molar-refractivity contribution in [1.29, 1.82) is 0 Å². The number of alkyl halides is 3. The van der Waals surface area contributed by atoms with E-state index in [9.17, 15) is 18.0 Å². The monoisotopic (exact) mass is 410 g/mol. The summed E-state index contributed by atoms with van der Waals surface area (Å²) in [5, 5.41) is 3.26. The fraction of sp³-hybridized carbons (Fsp3) is 0.111. The maximum Gasteiger partial charge on any atom is 0.416 e. The smallest absolute Gasteiger partial charge is 0.416 e. The van der Waals surface area contributed by atoms with Crippen LogP contribution in [0, 0.1) is 12.3 Å². The Morgan fingerprint density at radius 3 is 2.78 bits per heavy atom. The van der Waals surface area contributed by atoms with Crippen LogP contribution in [-0.4, -0.2) is 17.7 Å². The number of terminal acetylenes is 1. The predicted molar refractivity (Wildman–Crippen MR) is 98.9 cm³/mol. The molecule has 0 radical (unpaired) electrons. The van der Waals surface area contributed by atoms with Crippen LogP contribution in [0.25, 0.3) is 20.8 Å². The average Bonchev–Trinajstić information content (AvgIpc) is 3.03. The van der Waals surface area contributed by atoms with E-state index < -0.39 is 17.8 Å². The molecule has 3 aromatic rings.